The molecule has 3 unspecified atom stereocenters. The Morgan fingerprint density at radius 3 is 2.68 bits per heavy atom. The number of amides is 1. The molecule has 0 bridgehead atoms. The lowest BCUT2D eigenvalue weighted by Gasteiger charge is -2.23. The van der Waals surface area contributed by atoms with Crippen LogP contribution in [0.1, 0.15) is 44.2 Å². The van der Waals surface area contributed by atoms with Crippen LogP contribution in [0.4, 0.5) is 0 Å². The van der Waals surface area contributed by atoms with Crippen LogP contribution < -0.4 is 0 Å². The van der Waals surface area contributed by atoms with E-state index in [1.165, 1.54) is 7.11 Å². The Morgan fingerprint density at radius 1 is 1.36 bits per heavy atom. The third-order valence-corrected chi connectivity index (χ3v) is 5.04. The van der Waals surface area contributed by atoms with Crippen molar-refractivity contribution >= 4 is 11.9 Å². The van der Waals surface area contributed by atoms with E-state index in [0.29, 0.717) is 19.4 Å². The molecule has 150 valence electrons. The van der Waals surface area contributed by atoms with Crippen LogP contribution in [0.15, 0.2) is 36.4 Å². The van der Waals surface area contributed by atoms with Gasteiger partial charge in [-0.2, -0.15) is 0 Å². The van der Waals surface area contributed by atoms with Crippen LogP contribution in [0, 0.1) is 17.8 Å². The second-order valence-electron chi connectivity index (χ2n) is 7.18. The fourth-order valence-electron chi connectivity index (χ4n) is 3.17. The highest BCUT2D eigenvalue weighted by molar-refractivity contribution is 5.79. The van der Waals surface area contributed by atoms with Crippen molar-refractivity contribution in [3.63, 3.8) is 0 Å². The molecule has 1 aromatic rings. The molecule has 2 rings (SSSR count). The van der Waals surface area contributed by atoms with Crippen molar-refractivity contribution in [1.29, 1.82) is 0 Å². The summed E-state index contributed by atoms with van der Waals surface area (Å²) in [6.45, 7) is 4.27. The first-order valence-corrected chi connectivity index (χ1v) is 9.64. The highest BCUT2D eigenvalue weighted by Gasteiger charge is 2.29. The van der Waals surface area contributed by atoms with Crippen LogP contribution in [-0.2, 0) is 27.3 Å². The number of methoxy groups -OCH3 is 1. The zero-order valence-corrected chi connectivity index (χ0v) is 16.9. The quantitative estimate of drug-likeness (QED) is 0.426. The highest BCUT2D eigenvalue weighted by atomic mass is 16.5. The van der Waals surface area contributed by atoms with Crippen molar-refractivity contribution in [3.05, 3.63) is 47.5 Å². The third-order valence-electron chi connectivity index (χ3n) is 5.04. The van der Waals surface area contributed by atoms with Crippen LogP contribution in [0.2, 0.25) is 0 Å². The first-order valence-electron chi connectivity index (χ1n) is 9.64. The third kappa shape index (κ3) is 6.24. The first-order chi connectivity index (χ1) is 13.4. The molecule has 0 aliphatic carbocycles. The van der Waals surface area contributed by atoms with Gasteiger partial charge in [0, 0.05) is 19.4 Å². The molecule has 3 atom stereocenters. The van der Waals surface area contributed by atoms with Gasteiger partial charge in [-0.3, -0.25) is 9.59 Å². The van der Waals surface area contributed by atoms with Crippen molar-refractivity contribution in [2.45, 2.75) is 58.2 Å². The molecule has 0 saturated carbocycles. The number of rotatable bonds is 8. The Bertz CT molecular complexity index is 757. The first kappa shape index (κ1) is 21.7. The molecule has 1 N–H and O–H groups in total. The van der Waals surface area contributed by atoms with Crippen molar-refractivity contribution in [3.8, 4) is 11.8 Å². The van der Waals surface area contributed by atoms with Crippen LogP contribution >= 0.6 is 0 Å². The SMILES string of the molecule is CC#CCC(C)C(O)/C=C/C1CCC(=O)N1Cc1ccc(CC(=O)OC)cc1. The molecule has 1 aliphatic heterocycles. The number of esters is 1. The summed E-state index contributed by atoms with van der Waals surface area (Å²) >= 11 is 0. The predicted octanol–water partition coefficient (Wildman–Crippen LogP) is 2.86. The average molecular weight is 383 g/mol. The smallest absolute Gasteiger partial charge is 0.309 e. The molecule has 1 saturated heterocycles. The van der Waals surface area contributed by atoms with Gasteiger partial charge >= 0.3 is 5.97 Å². The Kier molecular flexibility index (Phi) is 8.28. The lowest BCUT2D eigenvalue weighted by atomic mass is 10.00. The molecule has 1 aromatic carbocycles. The van der Waals surface area contributed by atoms with Crippen LogP contribution in [-0.4, -0.2) is 41.1 Å². The van der Waals surface area contributed by atoms with E-state index in [1.54, 1.807) is 13.0 Å². The van der Waals surface area contributed by atoms with Gasteiger partial charge < -0.3 is 14.7 Å². The minimum absolute atomic E-state index is 0.0126. The topological polar surface area (TPSA) is 66.8 Å². The summed E-state index contributed by atoms with van der Waals surface area (Å²) in [6.07, 6.45) is 5.32. The van der Waals surface area contributed by atoms with E-state index in [0.717, 1.165) is 17.5 Å². The molecule has 0 aromatic heterocycles. The van der Waals surface area contributed by atoms with Gasteiger partial charge in [-0.05, 0) is 30.4 Å². The summed E-state index contributed by atoms with van der Waals surface area (Å²) in [5.41, 5.74) is 1.89. The molecule has 28 heavy (non-hydrogen) atoms. The minimum Gasteiger partial charge on any atom is -0.469 e. The van der Waals surface area contributed by atoms with E-state index >= 15 is 0 Å². The van der Waals surface area contributed by atoms with E-state index in [1.807, 2.05) is 42.2 Å². The molecule has 1 amide bonds. The van der Waals surface area contributed by atoms with Gasteiger partial charge in [0.15, 0.2) is 0 Å². The van der Waals surface area contributed by atoms with Gasteiger partial charge in [0.05, 0.1) is 25.7 Å². The molecule has 0 spiro atoms. The van der Waals surface area contributed by atoms with E-state index < -0.39 is 6.10 Å². The standard InChI is InChI=1S/C23H29NO4/c1-4-5-6-17(2)21(25)13-11-20-12-14-22(26)24(20)16-19-9-7-18(8-10-19)15-23(27)28-3/h7-11,13,17,20-21,25H,6,12,14-16H2,1-3H3/b13-11+. The molecule has 1 aliphatic rings. The number of nitrogens with zero attached hydrogens (tertiary/aromatic N) is 1. The predicted molar refractivity (Wildman–Crippen MR) is 108 cm³/mol. The van der Waals surface area contributed by atoms with Gasteiger partial charge in [-0.25, -0.2) is 0 Å². The number of ether oxygens (including phenoxy) is 1. The highest BCUT2D eigenvalue weighted by Crippen LogP contribution is 2.23. The number of hydrogen-bond donors (Lipinski definition) is 1. The van der Waals surface area contributed by atoms with Crippen LogP contribution in [0.25, 0.3) is 0 Å². The van der Waals surface area contributed by atoms with E-state index in [4.69, 9.17) is 0 Å². The van der Waals surface area contributed by atoms with Crippen molar-refractivity contribution in [2.24, 2.45) is 5.92 Å². The largest absolute Gasteiger partial charge is 0.469 e. The fraction of sp³-hybridized carbons (Fsp3) is 0.478. The summed E-state index contributed by atoms with van der Waals surface area (Å²) in [5.74, 6) is 5.73. The molecule has 1 heterocycles. The molecule has 0 radical (unpaired) electrons. The Labute approximate surface area is 167 Å². The summed E-state index contributed by atoms with van der Waals surface area (Å²) in [7, 11) is 1.37. The Hall–Kier alpha value is -2.58. The number of aliphatic hydroxyl groups excluding tert-OH is 1. The zero-order chi connectivity index (χ0) is 20.5. The number of carbonyl (C=O) groups excluding carboxylic acids is 2. The van der Waals surface area contributed by atoms with Gasteiger partial charge in [-0.1, -0.05) is 43.3 Å². The zero-order valence-electron chi connectivity index (χ0n) is 16.9. The van der Waals surface area contributed by atoms with Gasteiger partial charge in [0.1, 0.15) is 0 Å². The molecule has 5 heteroatoms. The molecule has 5 nitrogen and oxygen atoms in total. The Balaban J connectivity index is 1.98. The second kappa shape index (κ2) is 10.7. The molecular weight excluding hydrogens is 354 g/mol. The van der Waals surface area contributed by atoms with Crippen LogP contribution in [0.5, 0.6) is 0 Å². The lowest BCUT2D eigenvalue weighted by molar-refractivity contribution is -0.139. The van der Waals surface area contributed by atoms with Crippen molar-refractivity contribution < 1.29 is 19.4 Å². The van der Waals surface area contributed by atoms with E-state index in [9.17, 15) is 14.7 Å². The average Bonchev–Trinajstić information content (AvgIpc) is 3.05. The maximum absolute atomic E-state index is 12.3. The summed E-state index contributed by atoms with van der Waals surface area (Å²) < 4.78 is 4.68. The lowest BCUT2D eigenvalue weighted by Crippen LogP contribution is -2.31. The molecule has 1 fully saturated rings. The number of carbonyl (C=O) groups is 2. The monoisotopic (exact) mass is 383 g/mol. The maximum atomic E-state index is 12.3. The van der Waals surface area contributed by atoms with Crippen molar-refractivity contribution in [2.75, 3.05) is 7.11 Å². The summed E-state index contributed by atoms with van der Waals surface area (Å²) in [5, 5.41) is 10.3. The number of likely N-dealkylation sites (tertiary alicyclic amines) is 1. The van der Waals surface area contributed by atoms with E-state index in [2.05, 4.69) is 16.6 Å². The Morgan fingerprint density at radius 2 is 2.04 bits per heavy atom. The number of hydrogen-bond acceptors (Lipinski definition) is 4. The number of benzene rings is 1. The normalized spacial score (nSPS) is 18.6. The second-order valence-corrected chi connectivity index (χ2v) is 7.18. The fourth-order valence-corrected chi connectivity index (χ4v) is 3.17. The van der Waals surface area contributed by atoms with Gasteiger partial charge in [0.2, 0.25) is 5.91 Å². The summed E-state index contributed by atoms with van der Waals surface area (Å²) in [6, 6.07) is 7.63. The van der Waals surface area contributed by atoms with Gasteiger partial charge in [0.25, 0.3) is 0 Å². The van der Waals surface area contributed by atoms with Crippen molar-refractivity contribution in [1.82, 2.24) is 4.90 Å². The van der Waals surface area contributed by atoms with Gasteiger partial charge in [-0.15, -0.1) is 11.8 Å². The molecular formula is C23H29NO4. The van der Waals surface area contributed by atoms with E-state index in [-0.39, 0.29) is 30.3 Å². The summed E-state index contributed by atoms with van der Waals surface area (Å²) in [4.78, 5) is 25.5. The maximum Gasteiger partial charge on any atom is 0.309 e. The van der Waals surface area contributed by atoms with Crippen LogP contribution in [0.3, 0.4) is 0 Å². The number of aliphatic hydroxyl groups is 1. The minimum atomic E-state index is -0.573.